The largest absolute Gasteiger partial charge is 0.359 e. The molecule has 2 saturated heterocycles. The summed E-state index contributed by atoms with van der Waals surface area (Å²) in [6, 6.07) is 16.3. The van der Waals surface area contributed by atoms with Gasteiger partial charge in [-0.25, -0.2) is 0 Å². The van der Waals surface area contributed by atoms with Crippen molar-refractivity contribution in [2.45, 2.75) is 55.7 Å². The molecule has 0 radical (unpaired) electrons. The van der Waals surface area contributed by atoms with E-state index in [-0.39, 0.29) is 16.2 Å². The van der Waals surface area contributed by atoms with Crippen molar-refractivity contribution >= 4 is 21.9 Å². The Morgan fingerprint density at radius 2 is 1.77 bits per heavy atom. The molecule has 0 spiro atoms. The lowest BCUT2D eigenvalue weighted by atomic mass is 9.93. The number of thioether (sulfide) groups is 1. The van der Waals surface area contributed by atoms with Crippen LogP contribution in [0, 0.1) is 12.8 Å². The zero-order chi connectivity index (χ0) is 22.0. The molecule has 0 amide bonds. The summed E-state index contributed by atoms with van der Waals surface area (Å²) in [4.78, 5) is 0.139. The van der Waals surface area contributed by atoms with E-state index in [9.17, 15) is 8.42 Å². The highest BCUT2D eigenvalue weighted by Crippen LogP contribution is 2.41. The van der Waals surface area contributed by atoms with Crippen LogP contribution in [0.15, 0.2) is 59.5 Å². The lowest BCUT2D eigenvalue weighted by Gasteiger charge is -2.48. The molecule has 31 heavy (non-hydrogen) atoms. The molecule has 0 aromatic heterocycles. The number of rotatable bonds is 6. The molecule has 3 unspecified atom stereocenters. The topological polar surface area (TPSA) is 71.1 Å². The average molecular weight is 465 g/mol. The summed E-state index contributed by atoms with van der Waals surface area (Å²) in [5.41, 5.74) is 1.65. The standard InChI is InChI=1S/C23H28O6S2/c1-4-30-23-16(3)20(29-31(24,25)18-12-10-15(2)11-13-18)21-19(27-23)14-26-22(28-21)17-8-6-5-7-9-17/h5-13,16,19-23H,4,14H2,1-3H3/t16?,19?,20-,21+,22?,23+/m1/s1. The normalized spacial score (nSPS) is 31.2. The van der Waals surface area contributed by atoms with Crippen molar-refractivity contribution in [2.24, 2.45) is 5.92 Å². The fourth-order valence-electron chi connectivity index (χ4n) is 3.89. The van der Waals surface area contributed by atoms with Gasteiger partial charge in [0.15, 0.2) is 6.29 Å². The third-order valence-electron chi connectivity index (χ3n) is 5.59. The molecule has 0 aliphatic carbocycles. The first kappa shape index (κ1) is 22.8. The van der Waals surface area contributed by atoms with E-state index in [0.29, 0.717) is 6.61 Å². The summed E-state index contributed by atoms with van der Waals surface area (Å²) in [6.45, 7) is 6.22. The molecule has 2 heterocycles. The second-order valence-electron chi connectivity index (χ2n) is 7.86. The molecule has 168 valence electrons. The summed E-state index contributed by atoms with van der Waals surface area (Å²) in [5.74, 6) is 0.652. The highest BCUT2D eigenvalue weighted by molar-refractivity contribution is 7.99. The molecule has 0 saturated carbocycles. The van der Waals surface area contributed by atoms with Gasteiger partial charge in [0.25, 0.3) is 10.1 Å². The molecule has 2 aliphatic heterocycles. The van der Waals surface area contributed by atoms with Gasteiger partial charge in [0.05, 0.1) is 11.5 Å². The van der Waals surface area contributed by atoms with Gasteiger partial charge in [-0.05, 0) is 24.8 Å². The van der Waals surface area contributed by atoms with E-state index in [4.69, 9.17) is 18.4 Å². The molecular weight excluding hydrogens is 436 g/mol. The summed E-state index contributed by atoms with van der Waals surface area (Å²) in [7, 11) is -3.97. The zero-order valence-corrected chi connectivity index (χ0v) is 19.5. The van der Waals surface area contributed by atoms with E-state index < -0.39 is 34.7 Å². The van der Waals surface area contributed by atoms with Crippen LogP contribution < -0.4 is 0 Å². The number of ether oxygens (including phenoxy) is 3. The Morgan fingerprint density at radius 3 is 2.45 bits per heavy atom. The van der Waals surface area contributed by atoms with Crippen LogP contribution in [0.1, 0.15) is 31.3 Å². The van der Waals surface area contributed by atoms with Gasteiger partial charge in [-0.2, -0.15) is 8.42 Å². The van der Waals surface area contributed by atoms with Crippen molar-refractivity contribution in [1.29, 1.82) is 0 Å². The quantitative estimate of drug-likeness (QED) is 0.591. The van der Waals surface area contributed by atoms with Gasteiger partial charge in [-0.1, -0.05) is 61.9 Å². The third kappa shape index (κ3) is 4.99. The van der Waals surface area contributed by atoms with Gasteiger partial charge < -0.3 is 14.2 Å². The second kappa shape index (κ2) is 9.60. The predicted molar refractivity (Wildman–Crippen MR) is 119 cm³/mol. The summed E-state index contributed by atoms with van der Waals surface area (Å²) < 4.78 is 50.4. The van der Waals surface area contributed by atoms with Crippen LogP contribution in [-0.2, 0) is 28.5 Å². The number of hydrogen-bond acceptors (Lipinski definition) is 7. The maximum atomic E-state index is 13.1. The van der Waals surface area contributed by atoms with Crippen LogP contribution in [0.5, 0.6) is 0 Å². The summed E-state index contributed by atoms with van der Waals surface area (Å²) in [6.07, 6.45) is -2.26. The van der Waals surface area contributed by atoms with E-state index >= 15 is 0 Å². The molecule has 2 aromatic carbocycles. The third-order valence-corrected chi connectivity index (χ3v) is 8.12. The Labute approximate surface area is 188 Å². The smallest absolute Gasteiger partial charge is 0.297 e. The first-order valence-corrected chi connectivity index (χ1v) is 12.9. The monoisotopic (exact) mass is 464 g/mol. The van der Waals surface area contributed by atoms with Crippen molar-refractivity contribution < 1.29 is 26.8 Å². The molecular formula is C23H28O6S2. The molecule has 4 rings (SSSR count). The minimum atomic E-state index is -3.97. The first-order valence-electron chi connectivity index (χ1n) is 10.5. The van der Waals surface area contributed by atoms with Crippen molar-refractivity contribution in [3.05, 3.63) is 65.7 Å². The van der Waals surface area contributed by atoms with Crippen molar-refractivity contribution in [3.63, 3.8) is 0 Å². The highest BCUT2D eigenvalue weighted by Gasteiger charge is 2.50. The molecule has 6 atom stereocenters. The predicted octanol–water partition coefficient (Wildman–Crippen LogP) is 4.30. The summed E-state index contributed by atoms with van der Waals surface area (Å²) >= 11 is 1.63. The highest BCUT2D eigenvalue weighted by atomic mass is 32.2. The maximum absolute atomic E-state index is 13.1. The molecule has 8 heteroatoms. The Hall–Kier alpha value is -1.42. The van der Waals surface area contributed by atoms with Crippen LogP contribution in [0.3, 0.4) is 0 Å². The van der Waals surface area contributed by atoms with E-state index in [1.165, 1.54) is 0 Å². The molecule has 2 fully saturated rings. The van der Waals surface area contributed by atoms with Crippen LogP contribution in [0.4, 0.5) is 0 Å². The van der Waals surface area contributed by atoms with Gasteiger partial charge in [0.2, 0.25) is 0 Å². The SMILES string of the molecule is CCS[C@@H]1OC2COC(c3ccccc3)O[C@@H]2[C@H](OS(=O)(=O)c2ccc(C)cc2)C1C. The van der Waals surface area contributed by atoms with Gasteiger partial charge in [0.1, 0.15) is 23.7 Å². The zero-order valence-electron chi connectivity index (χ0n) is 17.8. The van der Waals surface area contributed by atoms with Crippen molar-refractivity contribution in [2.75, 3.05) is 12.4 Å². The minimum absolute atomic E-state index is 0.139. The number of hydrogen-bond donors (Lipinski definition) is 0. The van der Waals surface area contributed by atoms with E-state index in [1.54, 1.807) is 36.0 Å². The average Bonchev–Trinajstić information content (AvgIpc) is 2.77. The minimum Gasteiger partial charge on any atom is -0.359 e. The Balaban J connectivity index is 1.61. The molecule has 2 aliphatic rings. The van der Waals surface area contributed by atoms with Gasteiger partial charge in [-0.15, -0.1) is 11.8 Å². The second-order valence-corrected chi connectivity index (χ2v) is 10.8. The summed E-state index contributed by atoms with van der Waals surface area (Å²) in [5, 5.41) is 0. The van der Waals surface area contributed by atoms with Crippen molar-refractivity contribution in [3.8, 4) is 0 Å². The Morgan fingerprint density at radius 1 is 1.06 bits per heavy atom. The van der Waals surface area contributed by atoms with Crippen LogP contribution in [0.25, 0.3) is 0 Å². The van der Waals surface area contributed by atoms with Crippen LogP contribution in [-0.4, -0.2) is 44.5 Å². The number of benzene rings is 2. The lowest BCUT2D eigenvalue weighted by molar-refractivity contribution is -0.307. The van der Waals surface area contributed by atoms with Crippen LogP contribution >= 0.6 is 11.8 Å². The number of aryl methyl sites for hydroxylation is 1. The molecule has 2 aromatic rings. The maximum Gasteiger partial charge on any atom is 0.297 e. The fourth-order valence-corrected chi connectivity index (χ4v) is 6.06. The van der Waals surface area contributed by atoms with Gasteiger partial charge in [0, 0.05) is 11.5 Å². The molecule has 0 bridgehead atoms. The van der Waals surface area contributed by atoms with Crippen molar-refractivity contribution in [1.82, 2.24) is 0 Å². The lowest BCUT2D eigenvalue weighted by Crippen LogP contribution is -2.59. The fraction of sp³-hybridized carbons (Fsp3) is 0.478. The van der Waals surface area contributed by atoms with Gasteiger partial charge >= 0.3 is 0 Å². The Kier molecular flexibility index (Phi) is 7.05. The molecule has 6 nitrogen and oxygen atoms in total. The van der Waals surface area contributed by atoms with E-state index in [2.05, 4.69) is 0 Å². The molecule has 0 N–H and O–H groups in total. The van der Waals surface area contributed by atoms with E-state index in [1.807, 2.05) is 51.1 Å². The van der Waals surface area contributed by atoms with E-state index in [0.717, 1.165) is 16.9 Å². The number of fused-ring (bicyclic) bond motifs is 1. The van der Waals surface area contributed by atoms with Crippen LogP contribution in [0.2, 0.25) is 0 Å². The first-order chi connectivity index (χ1) is 14.9. The van der Waals surface area contributed by atoms with Gasteiger partial charge in [-0.3, -0.25) is 4.18 Å². The Bertz CT molecular complexity index is 963.